The molecule has 0 aliphatic heterocycles. The van der Waals surface area contributed by atoms with Gasteiger partial charge in [-0.3, -0.25) is 14.3 Å². The van der Waals surface area contributed by atoms with Crippen molar-refractivity contribution in [3.63, 3.8) is 0 Å². The fourth-order valence-corrected chi connectivity index (χ4v) is 3.63. The Kier molecular flexibility index (Phi) is 9.76. The Labute approximate surface area is 240 Å². The van der Waals surface area contributed by atoms with Crippen LogP contribution in [0.4, 0.5) is 11.5 Å². The van der Waals surface area contributed by atoms with Crippen molar-refractivity contribution in [2.24, 2.45) is 13.0 Å². The van der Waals surface area contributed by atoms with Crippen molar-refractivity contribution < 1.29 is 34.1 Å². The monoisotopic (exact) mass is 577 g/mol. The van der Waals surface area contributed by atoms with Crippen LogP contribution in [0.25, 0.3) is 5.65 Å². The third kappa shape index (κ3) is 8.24. The summed E-state index contributed by atoms with van der Waals surface area (Å²) in [4.78, 5) is 48.1. The number of carbonyl (C=O) groups excluding carboxylic acids is 2. The largest absolute Gasteiger partial charge is 0.478 e. The van der Waals surface area contributed by atoms with E-state index in [1.165, 1.54) is 0 Å². The molecule has 0 bridgehead atoms. The lowest BCUT2D eigenvalue weighted by molar-refractivity contribution is -0.134. The minimum atomic E-state index is -1.26. The van der Waals surface area contributed by atoms with Gasteiger partial charge in [-0.2, -0.15) is 5.10 Å². The lowest BCUT2D eigenvalue weighted by atomic mass is 10.2. The highest BCUT2D eigenvalue weighted by Gasteiger charge is 2.30. The fraction of sp³-hybridized carbons (Fsp3) is 0.250. The van der Waals surface area contributed by atoms with E-state index in [9.17, 15) is 19.2 Å². The van der Waals surface area contributed by atoms with Crippen LogP contribution in [0, 0.1) is 19.8 Å². The minimum Gasteiger partial charge on any atom is -0.478 e. The van der Waals surface area contributed by atoms with Crippen molar-refractivity contribution in [3.8, 4) is 11.6 Å². The van der Waals surface area contributed by atoms with Gasteiger partial charge >= 0.3 is 11.9 Å². The summed E-state index contributed by atoms with van der Waals surface area (Å²) in [6.07, 6.45) is 4.62. The highest BCUT2D eigenvalue weighted by molar-refractivity contribution is 6.03. The zero-order valence-electron chi connectivity index (χ0n) is 22.4. The molecule has 1 aromatic carbocycles. The van der Waals surface area contributed by atoms with E-state index in [0.717, 1.165) is 24.1 Å². The van der Waals surface area contributed by atoms with Gasteiger partial charge in [-0.25, -0.2) is 19.1 Å². The predicted molar refractivity (Wildman–Crippen MR) is 153 cm³/mol. The first-order chi connectivity index (χ1) is 19.5. The SMILES string of the molecule is C.Cc1cc(C(=O)Nc2cc(Oc3ccc4nc(NC(=O)C5CC5)cn4n3)ccc2C)n(C)n1.O=C(O)/C=C/C(=O)O. The van der Waals surface area contributed by atoms with Gasteiger partial charge in [0.15, 0.2) is 11.5 Å². The quantitative estimate of drug-likeness (QED) is 0.224. The molecule has 14 heteroatoms. The van der Waals surface area contributed by atoms with Crippen molar-refractivity contribution in [1.29, 1.82) is 0 Å². The first kappa shape index (κ1) is 31.0. The number of anilines is 2. The molecule has 0 unspecified atom stereocenters. The second-order valence-electron chi connectivity index (χ2n) is 9.20. The van der Waals surface area contributed by atoms with Crippen LogP contribution in [0.5, 0.6) is 11.6 Å². The molecule has 1 saturated carbocycles. The lowest BCUT2D eigenvalue weighted by Gasteiger charge is -2.11. The molecule has 5 rings (SSSR count). The van der Waals surface area contributed by atoms with E-state index in [2.05, 4.69) is 25.8 Å². The van der Waals surface area contributed by atoms with Crippen LogP contribution < -0.4 is 15.4 Å². The van der Waals surface area contributed by atoms with E-state index in [1.807, 2.05) is 19.9 Å². The van der Waals surface area contributed by atoms with Gasteiger partial charge in [-0.1, -0.05) is 13.5 Å². The molecule has 0 radical (unpaired) electrons. The molecule has 1 fully saturated rings. The average Bonchev–Trinajstić information content (AvgIpc) is 3.60. The Morgan fingerprint density at radius 1 is 0.976 bits per heavy atom. The number of carbonyl (C=O) groups is 4. The van der Waals surface area contributed by atoms with E-state index in [-0.39, 0.29) is 25.2 Å². The number of aryl methyl sites for hydroxylation is 3. The highest BCUT2D eigenvalue weighted by Crippen LogP contribution is 2.30. The molecule has 4 N–H and O–H groups in total. The first-order valence-corrected chi connectivity index (χ1v) is 12.4. The van der Waals surface area contributed by atoms with Crippen LogP contribution >= 0.6 is 0 Å². The van der Waals surface area contributed by atoms with E-state index < -0.39 is 11.9 Å². The summed E-state index contributed by atoms with van der Waals surface area (Å²) in [7, 11) is 1.73. The number of benzene rings is 1. The molecule has 0 spiro atoms. The number of fused-ring (bicyclic) bond motifs is 1. The van der Waals surface area contributed by atoms with Crippen molar-refractivity contribution in [1.82, 2.24) is 24.4 Å². The summed E-state index contributed by atoms with van der Waals surface area (Å²) in [5.74, 6) is -1.35. The number of hydrogen-bond acceptors (Lipinski definition) is 8. The zero-order chi connectivity index (χ0) is 29.7. The molecule has 220 valence electrons. The van der Waals surface area contributed by atoms with Gasteiger partial charge in [0.25, 0.3) is 5.91 Å². The fourth-order valence-electron chi connectivity index (χ4n) is 3.63. The molecule has 0 saturated heterocycles. The third-order valence-electron chi connectivity index (χ3n) is 5.78. The smallest absolute Gasteiger partial charge is 0.328 e. The van der Waals surface area contributed by atoms with Crippen LogP contribution in [-0.4, -0.2) is 58.3 Å². The van der Waals surface area contributed by atoms with Crippen LogP contribution in [0.2, 0.25) is 0 Å². The number of nitrogens with zero attached hydrogens (tertiary/aromatic N) is 5. The molecule has 3 aromatic heterocycles. The third-order valence-corrected chi connectivity index (χ3v) is 5.78. The summed E-state index contributed by atoms with van der Waals surface area (Å²) in [6, 6.07) is 10.6. The second kappa shape index (κ2) is 13.2. The van der Waals surface area contributed by atoms with Gasteiger partial charge in [-0.15, -0.1) is 5.10 Å². The topological polar surface area (TPSA) is 190 Å². The maximum absolute atomic E-state index is 12.7. The number of carboxylic acid groups (broad SMARTS) is 2. The Balaban J connectivity index is 0.000000475. The molecule has 42 heavy (non-hydrogen) atoms. The minimum absolute atomic E-state index is 0. The van der Waals surface area contributed by atoms with Crippen molar-refractivity contribution in [2.75, 3.05) is 10.6 Å². The number of ether oxygens (including phenoxy) is 1. The van der Waals surface area contributed by atoms with E-state index in [4.69, 9.17) is 14.9 Å². The van der Waals surface area contributed by atoms with Crippen LogP contribution in [0.1, 0.15) is 42.0 Å². The summed E-state index contributed by atoms with van der Waals surface area (Å²) >= 11 is 0. The average molecular weight is 578 g/mol. The molecule has 1 aliphatic rings. The maximum atomic E-state index is 12.7. The maximum Gasteiger partial charge on any atom is 0.328 e. The zero-order valence-corrected chi connectivity index (χ0v) is 22.4. The number of carboxylic acids is 2. The Bertz CT molecular complexity index is 1650. The number of imidazole rings is 1. The van der Waals surface area contributed by atoms with Gasteiger partial charge in [0.05, 0.1) is 11.9 Å². The first-order valence-electron chi connectivity index (χ1n) is 12.4. The Morgan fingerprint density at radius 3 is 2.26 bits per heavy atom. The Hall–Kier alpha value is -5.53. The summed E-state index contributed by atoms with van der Waals surface area (Å²) in [5.41, 5.74) is 3.35. The molecule has 1 aliphatic carbocycles. The van der Waals surface area contributed by atoms with E-state index >= 15 is 0 Å². The summed E-state index contributed by atoms with van der Waals surface area (Å²) in [6.45, 7) is 3.74. The van der Waals surface area contributed by atoms with Crippen molar-refractivity contribution in [2.45, 2.75) is 34.1 Å². The van der Waals surface area contributed by atoms with Gasteiger partial charge in [0, 0.05) is 42.9 Å². The van der Waals surface area contributed by atoms with Crippen molar-refractivity contribution in [3.05, 3.63) is 71.7 Å². The Morgan fingerprint density at radius 2 is 1.67 bits per heavy atom. The molecule has 2 amide bonds. The molecular formula is C28H31N7O7. The van der Waals surface area contributed by atoms with Crippen LogP contribution in [-0.2, 0) is 21.4 Å². The number of aliphatic carboxylic acids is 2. The van der Waals surface area contributed by atoms with E-state index in [1.54, 1.807) is 52.8 Å². The van der Waals surface area contributed by atoms with Gasteiger partial charge in [-0.05, 0) is 50.5 Å². The number of nitrogens with one attached hydrogen (secondary N) is 2. The number of hydrogen-bond donors (Lipinski definition) is 4. The molecule has 4 aromatic rings. The van der Waals surface area contributed by atoms with Gasteiger partial charge < -0.3 is 25.6 Å². The number of aromatic nitrogens is 5. The summed E-state index contributed by atoms with van der Waals surface area (Å²) < 4.78 is 9.02. The van der Waals surface area contributed by atoms with Crippen LogP contribution in [0.3, 0.4) is 0 Å². The van der Waals surface area contributed by atoms with Crippen LogP contribution in [0.15, 0.2) is 54.7 Å². The lowest BCUT2D eigenvalue weighted by Crippen LogP contribution is -2.16. The predicted octanol–water partition coefficient (Wildman–Crippen LogP) is 3.82. The number of rotatable bonds is 8. The molecule has 3 heterocycles. The standard InChI is InChI=1S/C23H23N7O3.C4H4O4.CH4/c1-13-4-7-16(11-17(13)24-23(32)18-10-14(2)27-29(18)3)33-21-9-8-20-25-19(12-30(20)28-21)26-22(31)15-5-6-15;5-3(6)1-2-4(7)8;/h4,7-12,15H,5-6H2,1-3H3,(H,24,32)(H,26,31);1-2H,(H,5,6)(H,7,8);1H4/b;2-1+;. The molecule has 14 nitrogen and oxygen atoms in total. The number of amides is 2. The molecular weight excluding hydrogens is 546 g/mol. The molecule has 0 atom stereocenters. The summed E-state index contributed by atoms with van der Waals surface area (Å²) in [5, 5.41) is 30.0. The van der Waals surface area contributed by atoms with Crippen molar-refractivity contribution >= 4 is 40.9 Å². The van der Waals surface area contributed by atoms with Gasteiger partial charge in [0.2, 0.25) is 11.8 Å². The van der Waals surface area contributed by atoms with Gasteiger partial charge in [0.1, 0.15) is 11.4 Å². The normalized spacial score (nSPS) is 12.2. The highest BCUT2D eigenvalue weighted by atomic mass is 16.5. The second-order valence-corrected chi connectivity index (χ2v) is 9.20. The van der Waals surface area contributed by atoms with E-state index in [0.29, 0.717) is 46.6 Å².